The molecule has 2 saturated carbocycles. The average Bonchev–Trinajstić information content (AvgIpc) is 2.48. The summed E-state index contributed by atoms with van der Waals surface area (Å²) in [5.41, 5.74) is 5.78. The zero-order valence-corrected chi connectivity index (χ0v) is 13.1. The van der Waals surface area contributed by atoms with Gasteiger partial charge in [-0.3, -0.25) is 0 Å². The first-order valence-corrected chi connectivity index (χ1v) is 8.63. The summed E-state index contributed by atoms with van der Waals surface area (Å²) in [6, 6.07) is 0.870. The first-order chi connectivity index (χ1) is 9.22. The molecule has 2 aliphatic carbocycles. The van der Waals surface area contributed by atoms with Crippen LogP contribution >= 0.6 is 0 Å². The highest BCUT2D eigenvalue weighted by molar-refractivity contribution is 4.81. The molecule has 2 rings (SSSR count). The Kier molecular flexibility index (Phi) is 6.15. The SMILES string of the molecule is CCC1CCC(N(C)CC2CCC(CN)CC2)CC1. The number of hydrogen-bond acceptors (Lipinski definition) is 2. The first-order valence-electron chi connectivity index (χ1n) is 8.63. The summed E-state index contributed by atoms with van der Waals surface area (Å²) in [6.07, 6.45) is 12.8. The van der Waals surface area contributed by atoms with Gasteiger partial charge in [0, 0.05) is 12.6 Å². The van der Waals surface area contributed by atoms with E-state index in [0.717, 1.165) is 30.3 Å². The number of nitrogens with two attached hydrogens (primary N) is 1. The second kappa shape index (κ2) is 7.64. The molecule has 0 heterocycles. The minimum Gasteiger partial charge on any atom is -0.330 e. The molecule has 19 heavy (non-hydrogen) atoms. The molecular formula is C17H34N2. The maximum atomic E-state index is 5.78. The highest BCUT2D eigenvalue weighted by Crippen LogP contribution is 2.32. The Balaban J connectivity index is 1.68. The van der Waals surface area contributed by atoms with Gasteiger partial charge < -0.3 is 10.6 Å². The maximum Gasteiger partial charge on any atom is 0.00925 e. The van der Waals surface area contributed by atoms with Gasteiger partial charge in [-0.05, 0) is 82.7 Å². The largest absolute Gasteiger partial charge is 0.330 e. The molecule has 2 nitrogen and oxygen atoms in total. The molecule has 0 aliphatic heterocycles. The third-order valence-electron chi connectivity index (χ3n) is 5.86. The van der Waals surface area contributed by atoms with Gasteiger partial charge >= 0.3 is 0 Å². The zero-order chi connectivity index (χ0) is 13.7. The number of rotatable bonds is 5. The summed E-state index contributed by atoms with van der Waals surface area (Å²) < 4.78 is 0. The number of hydrogen-bond donors (Lipinski definition) is 1. The van der Waals surface area contributed by atoms with Crippen molar-refractivity contribution in [1.82, 2.24) is 4.90 Å². The zero-order valence-electron chi connectivity index (χ0n) is 13.1. The van der Waals surface area contributed by atoms with Crippen molar-refractivity contribution in [2.24, 2.45) is 23.5 Å². The normalized spacial score (nSPS) is 36.6. The predicted octanol–water partition coefficient (Wildman–Crippen LogP) is 3.65. The van der Waals surface area contributed by atoms with E-state index in [1.165, 1.54) is 64.3 Å². The third-order valence-corrected chi connectivity index (χ3v) is 5.86. The van der Waals surface area contributed by atoms with Crippen LogP contribution in [-0.4, -0.2) is 31.1 Å². The Morgan fingerprint density at radius 2 is 1.37 bits per heavy atom. The van der Waals surface area contributed by atoms with Crippen molar-refractivity contribution < 1.29 is 0 Å². The number of nitrogens with zero attached hydrogens (tertiary/aromatic N) is 1. The van der Waals surface area contributed by atoms with Gasteiger partial charge in [0.25, 0.3) is 0 Å². The van der Waals surface area contributed by atoms with E-state index in [1.54, 1.807) is 0 Å². The van der Waals surface area contributed by atoms with Gasteiger partial charge in [0.15, 0.2) is 0 Å². The van der Waals surface area contributed by atoms with Crippen LogP contribution in [-0.2, 0) is 0 Å². The van der Waals surface area contributed by atoms with Crippen LogP contribution < -0.4 is 5.73 Å². The topological polar surface area (TPSA) is 29.3 Å². The molecule has 0 aromatic carbocycles. The standard InChI is InChI=1S/C17H34N2/c1-3-14-8-10-17(11-9-14)19(2)13-16-6-4-15(12-18)5-7-16/h14-17H,3-13,18H2,1-2H3. The summed E-state index contributed by atoms with van der Waals surface area (Å²) in [4.78, 5) is 2.68. The maximum absolute atomic E-state index is 5.78. The lowest BCUT2D eigenvalue weighted by Crippen LogP contribution is -2.39. The first kappa shape index (κ1) is 15.3. The van der Waals surface area contributed by atoms with Crippen molar-refractivity contribution in [3.8, 4) is 0 Å². The van der Waals surface area contributed by atoms with Gasteiger partial charge in [0.2, 0.25) is 0 Å². The van der Waals surface area contributed by atoms with Crippen LogP contribution in [0.5, 0.6) is 0 Å². The fourth-order valence-corrected chi connectivity index (χ4v) is 4.20. The van der Waals surface area contributed by atoms with Crippen molar-refractivity contribution in [1.29, 1.82) is 0 Å². The summed E-state index contributed by atoms with van der Waals surface area (Å²) in [7, 11) is 2.37. The van der Waals surface area contributed by atoms with Crippen LogP contribution in [0.3, 0.4) is 0 Å². The van der Waals surface area contributed by atoms with E-state index in [2.05, 4.69) is 18.9 Å². The van der Waals surface area contributed by atoms with Crippen LogP contribution in [0.4, 0.5) is 0 Å². The van der Waals surface area contributed by atoms with Crippen LogP contribution in [0.15, 0.2) is 0 Å². The fraction of sp³-hybridized carbons (Fsp3) is 1.00. The second-order valence-electron chi connectivity index (χ2n) is 7.14. The minimum absolute atomic E-state index is 0.821. The third kappa shape index (κ3) is 4.46. The Bertz CT molecular complexity index is 238. The lowest BCUT2D eigenvalue weighted by Gasteiger charge is -2.37. The van der Waals surface area contributed by atoms with Crippen LogP contribution in [0.1, 0.15) is 64.7 Å². The molecule has 0 bridgehead atoms. The predicted molar refractivity (Wildman–Crippen MR) is 83.2 cm³/mol. The molecule has 0 aromatic heterocycles. The molecule has 0 unspecified atom stereocenters. The molecule has 0 amide bonds. The molecule has 0 radical (unpaired) electrons. The van der Waals surface area contributed by atoms with Crippen molar-refractivity contribution in [3.05, 3.63) is 0 Å². The highest BCUT2D eigenvalue weighted by Gasteiger charge is 2.26. The molecule has 0 atom stereocenters. The lowest BCUT2D eigenvalue weighted by atomic mass is 9.80. The summed E-state index contributed by atoms with van der Waals surface area (Å²) in [5, 5.41) is 0. The molecule has 112 valence electrons. The van der Waals surface area contributed by atoms with Gasteiger partial charge in [-0.15, -0.1) is 0 Å². The smallest absolute Gasteiger partial charge is 0.00925 e. The molecule has 0 saturated heterocycles. The van der Waals surface area contributed by atoms with Crippen molar-refractivity contribution >= 4 is 0 Å². The Hall–Kier alpha value is -0.0800. The molecule has 2 heteroatoms. The minimum atomic E-state index is 0.821. The lowest BCUT2D eigenvalue weighted by molar-refractivity contribution is 0.126. The Morgan fingerprint density at radius 3 is 1.89 bits per heavy atom. The van der Waals surface area contributed by atoms with E-state index >= 15 is 0 Å². The summed E-state index contributed by atoms with van der Waals surface area (Å²) in [5.74, 6) is 2.78. The quantitative estimate of drug-likeness (QED) is 0.823. The average molecular weight is 266 g/mol. The second-order valence-corrected chi connectivity index (χ2v) is 7.14. The van der Waals surface area contributed by atoms with Crippen LogP contribution in [0.25, 0.3) is 0 Å². The van der Waals surface area contributed by atoms with Gasteiger partial charge in [-0.2, -0.15) is 0 Å². The van der Waals surface area contributed by atoms with Crippen molar-refractivity contribution in [2.75, 3.05) is 20.1 Å². The monoisotopic (exact) mass is 266 g/mol. The molecule has 2 N–H and O–H groups in total. The van der Waals surface area contributed by atoms with Gasteiger partial charge in [0.05, 0.1) is 0 Å². The molecular weight excluding hydrogens is 232 g/mol. The Labute approximate surface area is 120 Å². The van der Waals surface area contributed by atoms with Gasteiger partial charge in [-0.1, -0.05) is 13.3 Å². The fourth-order valence-electron chi connectivity index (χ4n) is 4.20. The van der Waals surface area contributed by atoms with Crippen LogP contribution in [0, 0.1) is 17.8 Å². The molecule has 0 spiro atoms. The van der Waals surface area contributed by atoms with E-state index in [4.69, 9.17) is 5.73 Å². The van der Waals surface area contributed by atoms with E-state index in [-0.39, 0.29) is 0 Å². The van der Waals surface area contributed by atoms with E-state index in [0.29, 0.717) is 0 Å². The van der Waals surface area contributed by atoms with Crippen LogP contribution in [0.2, 0.25) is 0 Å². The van der Waals surface area contributed by atoms with Crippen molar-refractivity contribution in [2.45, 2.75) is 70.8 Å². The van der Waals surface area contributed by atoms with E-state index in [1.807, 2.05) is 0 Å². The van der Waals surface area contributed by atoms with Gasteiger partial charge in [-0.25, -0.2) is 0 Å². The summed E-state index contributed by atoms with van der Waals surface area (Å²) in [6.45, 7) is 4.59. The Morgan fingerprint density at radius 1 is 0.842 bits per heavy atom. The van der Waals surface area contributed by atoms with Gasteiger partial charge in [0.1, 0.15) is 0 Å². The van der Waals surface area contributed by atoms with E-state index in [9.17, 15) is 0 Å². The molecule has 0 aromatic rings. The summed E-state index contributed by atoms with van der Waals surface area (Å²) >= 11 is 0. The van der Waals surface area contributed by atoms with E-state index < -0.39 is 0 Å². The molecule has 2 fully saturated rings. The molecule has 2 aliphatic rings. The highest BCUT2D eigenvalue weighted by atomic mass is 15.1. The van der Waals surface area contributed by atoms with Crippen molar-refractivity contribution in [3.63, 3.8) is 0 Å².